The smallest absolute Gasteiger partial charge is 0.306 e. The number of hydrogen-bond donors (Lipinski definition) is 0. The van der Waals surface area contributed by atoms with Crippen LogP contribution >= 0.6 is 7.82 Å². The van der Waals surface area contributed by atoms with E-state index in [1.807, 2.05) is 21.1 Å². The van der Waals surface area contributed by atoms with E-state index in [0.29, 0.717) is 24.1 Å². The number of phosphoric acid groups is 1. The van der Waals surface area contributed by atoms with Gasteiger partial charge in [0.25, 0.3) is 7.82 Å². The first-order valence-corrected chi connectivity index (χ1v) is 24.2. The summed E-state index contributed by atoms with van der Waals surface area (Å²) in [7, 11) is 1.35. The van der Waals surface area contributed by atoms with Crippen LogP contribution in [0.3, 0.4) is 0 Å². The number of carbonyl (C=O) groups is 1. The maximum Gasteiger partial charge on any atom is 0.306 e. The van der Waals surface area contributed by atoms with Crippen molar-refractivity contribution in [3.05, 3.63) is 36.5 Å². The molecule has 0 aromatic carbocycles. The van der Waals surface area contributed by atoms with Gasteiger partial charge in [0, 0.05) is 13.0 Å². The summed E-state index contributed by atoms with van der Waals surface area (Å²) in [4.78, 5) is 25.1. The summed E-state index contributed by atoms with van der Waals surface area (Å²) in [6.07, 6.45) is 45.8. The van der Waals surface area contributed by atoms with Crippen LogP contribution in [-0.2, 0) is 27.9 Å². The molecule has 8 nitrogen and oxygen atoms in total. The number of carbonyl (C=O) groups excluding carboxylic acids is 1. The minimum atomic E-state index is -4.53. The van der Waals surface area contributed by atoms with Crippen LogP contribution in [0.25, 0.3) is 0 Å². The molecule has 0 amide bonds. The van der Waals surface area contributed by atoms with Crippen LogP contribution in [0, 0.1) is 0 Å². The molecular weight excluding hydrogens is 709 g/mol. The quantitative estimate of drug-likeness (QED) is 0.0200. The largest absolute Gasteiger partial charge is 0.756 e. The zero-order valence-electron chi connectivity index (χ0n) is 36.6. The molecule has 0 aromatic rings. The number of rotatable bonds is 42. The Bertz CT molecular complexity index is 978. The van der Waals surface area contributed by atoms with E-state index >= 15 is 0 Å². The number of allylic oxidation sites excluding steroid dienone is 6. The zero-order chi connectivity index (χ0) is 40.6. The monoisotopic (exact) mass is 798 g/mol. The third kappa shape index (κ3) is 43.7. The van der Waals surface area contributed by atoms with Gasteiger partial charge in [0.1, 0.15) is 19.3 Å². The Hall–Kier alpha value is -1.28. The molecule has 0 aromatic heterocycles. The summed E-state index contributed by atoms with van der Waals surface area (Å²) in [6, 6.07) is 0. The van der Waals surface area contributed by atoms with Crippen LogP contribution in [0.15, 0.2) is 36.5 Å². The molecule has 0 aliphatic heterocycles. The van der Waals surface area contributed by atoms with E-state index in [1.54, 1.807) is 0 Å². The number of phosphoric ester groups is 1. The Kier molecular flexibility index (Phi) is 38.6. The minimum absolute atomic E-state index is 0.0229. The molecule has 324 valence electrons. The molecule has 0 N–H and O–H groups in total. The molecule has 55 heavy (non-hydrogen) atoms. The van der Waals surface area contributed by atoms with Crippen molar-refractivity contribution in [1.82, 2.24) is 0 Å². The highest BCUT2D eigenvalue weighted by atomic mass is 31.2. The first-order valence-electron chi connectivity index (χ1n) is 22.7. The normalized spacial score (nSPS) is 14.1. The van der Waals surface area contributed by atoms with Gasteiger partial charge in [-0.1, -0.05) is 159 Å². The lowest BCUT2D eigenvalue weighted by atomic mass is 10.1. The van der Waals surface area contributed by atoms with E-state index in [0.717, 1.165) is 51.4 Å². The lowest BCUT2D eigenvalue weighted by Gasteiger charge is -2.28. The van der Waals surface area contributed by atoms with E-state index in [4.69, 9.17) is 18.5 Å². The average molecular weight is 798 g/mol. The maximum atomic E-state index is 12.7. The Balaban J connectivity index is 4.23. The summed E-state index contributed by atoms with van der Waals surface area (Å²) in [6.45, 7) is 5.35. The number of nitrogens with zero attached hydrogens (tertiary/aromatic N) is 1. The lowest BCUT2D eigenvalue weighted by molar-refractivity contribution is -0.870. The molecule has 0 aliphatic carbocycles. The average Bonchev–Trinajstić information content (AvgIpc) is 3.13. The van der Waals surface area contributed by atoms with Crippen LogP contribution in [-0.4, -0.2) is 70.7 Å². The Morgan fingerprint density at radius 1 is 0.564 bits per heavy atom. The maximum absolute atomic E-state index is 12.7. The van der Waals surface area contributed by atoms with Gasteiger partial charge in [0.05, 0.1) is 34.4 Å². The topological polar surface area (TPSA) is 94.1 Å². The van der Waals surface area contributed by atoms with Crippen molar-refractivity contribution in [3.63, 3.8) is 0 Å². The zero-order valence-corrected chi connectivity index (χ0v) is 37.5. The second-order valence-corrected chi connectivity index (χ2v) is 17.8. The molecule has 0 heterocycles. The molecule has 0 saturated carbocycles. The molecule has 0 spiro atoms. The van der Waals surface area contributed by atoms with Gasteiger partial charge in [-0.25, -0.2) is 0 Å². The summed E-state index contributed by atoms with van der Waals surface area (Å²) >= 11 is 0. The summed E-state index contributed by atoms with van der Waals surface area (Å²) < 4.78 is 34.6. The Labute approximate surface area is 340 Å². The van der Waals surface area contributed by atoms with Gasteiger partial charge in [0.2, 0.25) is 0 Å². The van der Waals surface area contributed by atoms with Crippen molar-refractivity contribution >= 4 is 13.8 Å². The summed E-state index contributed by atoms with van der Waals surface area (Å²) in [5.41, 5.74) is 0. The fourth-order valence-electron chi connectivity index (χ4n) is 6.09. The van der Waals surface area contributed by atoms with Gasteiger partial charge < -0.3 is 27.9 Å². The van der Waals surface area contributed by atoms with Gasteiger partial charge in [-0.05, 0) is 64.2 Å². The van der Waals surface area contributed by atoms with Crippen LogP contribution in [0.4, 0.5) is 0 Å². The van der Waals surface area contributed by atoms with Crippen molar-refractivity contribution in [1.29, 1.82) is 0 Å². The van der Waals surface area contributed by atoms with E-state index in [-0.39, 0.29) is 25.8 Å². The van der Waals surface area contributed by atoms with Crippen molar-refractivity contribution in [2.24, 2.45) is 0 Å². The van der Waals surface area contributed by atoms with Crippen LogP contribution in [0.2, 0.25) is 0 Å². The van der Waals surface area contributed by atoms with E-state index in [2.05, 4.69) is 50.3 Å². The molecular formula is C46H88NO7P. The van der Waals surface area contributed by atoms with E-state index in [1.165, 1.54) is 122 Å². The number of unbranched alkanes of at least 4 members (excludes halogenated alkanes) is 22. The van der Waals surface area contributed by atoms with E-state index < -0.39 is 13.9 Å². The van der Waals surface area contributed by atoms with E-state index in [9.17, 15) is 14.3 Å². The fraction of sp³-hybridized carbons (Fsp3) is 0.848. The Morgan fingerprint density at radius 2 is 1.02 bits per heavy atom. The molecule has 0 fully saturated rings. The highest BCUT2D eigenvalue weighted by Gasteiger charge is 2.20. The molecule has 0 bridgehead atoms. The van der Waals surface area contributed by atoms with Gasteiger partial charge >= 0.3 is 5.97 Å². The van der Waals surface area contributed by atoms with Gasteiger partial charge in [0.15, 0.2) is 0 Å². The lowest BCUT2D eigenvalue weighted by Crippen LogP contribution is -2.37. The number of hydrogen-bond acceptors (Lipinski definition) is 7. The van der Waals surface area contributed by atoms with Gasteiger partial charge in [-0.3, -0.25) is 9.36 Å². The van der Waals surface area contributed by atoms with Crippen LogP contribution in [0.1, 0.15) is 194 Å². The van der Waals surface area contributed by atoms with Crippen LogP contribution < -0.4 is 4.89 Å². The Morgan fingerprint density at radius 3 is 1.55 bits per heavy atom. The molecule has 2 unspecified atom stereocenters. The number of likely N-dealkylation sites (N-methyl/N-ethyl adjacent to an activating group) is 1. The summed E-state index contributed by atoms with van der Waals surface area (Å²) in [5, 5.41) is 0. The van der Waals surface area contributed by atoms with Gasteiger partial charge in [-0.2, -0.15) is 0 Å². The molecule has 0 radical (unpaired) electrons. The van der Waals surface area contributed by atoms with Crippen molar-refractivity contribution in [3.8, 4) is 0 Å². The molecule has 0 saturated heterocycles. The molecule has 0 rings (SSSR count). The predicted molar refractivity (Wildman–Crippen MR) is 231 cm³/mol. The first kappa shape index (κ1) is 53.7. The van der Waals surface area contributed by atoms with Crippen molar-refractivity contribution in [2.45, 2.75) is 200 Å². The SMILES string of the molecule is CCCC/C=C\C/C=C\CCCCCCCCOCC(COP(=O)([O-])OCC[N+](C)(C)C)OC(=O)CCCCCCCCC/C=C\CCCCCCCCC. The molecule has 2 atom stereocenters. The fourth-order valence-corrected chi connectivity index (χ4v) is 6.82. The number of esters is 1. The molecule has 0 aliphatic rings. The second kappa shape index (κ2) is 39.5. The number of ether oxygens (including phenoxy) is 2. The highest BCUT2D eigenvalue weighted by Crippen LogP contribution is 2.38. The van der Waals surface area contributed by atoms with Crippen molar-refractivity contribution in [2.75, 3.05) is 54.1 Å². The van der Waals surface area contributed by atoms with Gasteiger partial charge in [-0.15, -0.1) is 0 Å². The highest BCUT2D eigenvalue weighted by molar-refractivity contribution is 7.45. The predicted octanol–water partition coefficient (Wildman–Crippen LogP) is 12.8. The first-order chi connectivity index (χ1) is 26.6. The van der Waals surface area contributed by atoms with Crippen molar-refractivity contribution < 1.29 is 37.3 Å². The minimum Gasteiger partial charge on any atom is -0.756 e. The standard InChI is InChI=1S/C46H88NO7P/c1-6-8-10-12-14-16-18-20-22-23-24-25-27-29-31-33-35-37-39-46(48)54-45(44-53-55(49,50)52-42-40-47(3,4)5)43-51-41-38-36-34-32-30-28-26-21-19-17-15-13-11-9-7-2/h13,15,19,21-23,45H,6-12,14,16-18,20,24-44H2,1-5H3/b15-13-,21-19-,23-22-. The second-order valence-electron chi connectivity index (χ2n) is 16.4. The number of quaternary nitrogens is 1. The summed E-state index contributed by atoms with van der Waals surface area (Å²) in [5.74, 6) is -0.342. The third-order valence-electron chi connectivity index (χ3n) is 9.66. The third-order valence-corrected chi connectivity index (χ3v) is 10.6. The van der Waals surface area contributed by atoms with Crippen LogP contribution in [0.5, 0.6) is 0 Å². The molecule has 9 heteroatoms.